The number of phenolic OH excluding ortho intramolecular Hbond substituents is 4. The molecule has 1 aliphatic rings. The van der Waals surface area contributed by atoms with Crippen LogP contribution in [0.4, 0.5) is 0 Å². The fourth-order valence-electron chi connectivity index (χ4n) is 7.61. The molecule has 1 saturated carbocycles. The molecule has 0 aromatic heterocycles. The lowest BCUT2D eigenvalue weighted by Gasteiger charge is -2.44. The number of aryl methyl sites for hydroxylation is 5. The van der Waals surface area contributed by atoms with Crippen LogP contribution >= 0.6 is 0 Å². The summed E-state index contributed by atoms with van der Waals surface area (Å²) in [6, 6.07) is 18.4. The van der Waals surface area contributed by atoms with Crippen LogP contribution in [-0.4, -0.2) is 20.4 Å². The standard InChI is InChI=1S/C41H50O4/c1-24-15-29(9-10-36(24)42)20-31-22-34(18-27(4)38(31)44)40(6,7)33-11-13-41(8,14-12-33)35-19-28(5)39(45)32(23-35)21-30-16-25(2)37(43)26(3)17-30/h9-10,15-19,22-23,33,42-45H,11-14,20-21H2,1-8H3. The highest BCUT2D eigenvalue weighted by Crippen LogP contribution is 2.49. The van der Waals surface area contributed by atoms with E-state index in [2.05, 4.69) is 45.0 Å². The predicted molar refractivity (Wildman–Crippen MR) is 184 cm³/mol. The second-order valence-corrected chi connectivity index (χ2v) is 14.7. The van der Waals surface area contributed by atoms with Gasteiger partial charge in [0, 0.05) is 12.8 Å². The van der Waals surface area contributed by atoms with E-state index in [1.54, 1.807) is 6.07 Å². The maximum Gasteiger partial charge on any atom is 0.122 e. The molecule has 0 heterocycles. The van der Waals surface area contributed by atoms with Gasteiger partial charge in [-0.1, -0.05) is 69.3 Å². The normalized spacial score (nSPS) is 18.7. The van der Waals surface area contributed by atoms with Gasteiger partial charge in [-0.3, -0.25) is 0 Å². The van der Waals surface area contributed by atoms with Gasteiger partial charge in [-0.15, -0.1) is 0 Å². The van der Waals surface area contributed by atoms with Crippen molar-refractivity contribution in [3.05, 3.63) is 116 Å². The maximum atomic E-state index is 11.0. The third-order valence-electron chi connectivity index (χ3n) is 10.9. The van der Waals surface area contributed by atoms with Crippen LogP contribution in [-0.2, 0) is 23.7 Å². The Morgan fingerprint density at radius 3 is 1.73 bits per heavy atom. The average Bonchev–Trinajstić information content (AvgIpc) is 2.98. The number of benzene rings is 4. The van der Waals surface area contributed by atoms with E-state index in [1.165, 1.54) is 11.1 Å². The highest BCUT2D eigenvalue weighted by atomic mass is 16.3. The van der Waals surface area contributed by atoms with Crippen LogP contribution in [0, 0.1) is 40.5 Å². The van der Waals surface area contributed by atoms with E-state index in [0.717, 1.165) is 75.8 Å². The van der Waals surface area contributed by atoms with Crippen molar-refractivity contribution in [2.45, 2.75) is 105 Å². The fourth-order valence-corrected chi connectivity index (χ4v) is 7.61. The van der Waals surface area contributed by atoms with Crippen molar-refractivity contribution in [2.24, 2.45) is 5.92 Å². The van der Waals surface area contributed by atoms with Gasteiger partial charge >= 0.3 is 0 Å². The van der Waals surface area contributed by atoms with E-state index in [1.807, 2.05) is 58.9 Å². The van der Waals surface area contributed by atoms with E-state index in [4.69, 9.17) is 0 Å². The Bertz CT molecular complexity index is 1710. The summed E-state index contributed by atoms with van der Waals surface area (Å²) >= 11 is 0. The molecule has 0 unspecified atom stereocenters. The smallest absolute Gasteiger partial charge is 0.122 e. The summed E-state index contributed by atoms with van der Waals surface area (Å²) in [6.07, 6.45) is 5.58. The van der Waals surface area contributed by atoms with Crippen molar-refractivity contribution in [1.82, 2.24) is 0 Å². The quantitative estimate of drug-likeness (QED) is 0.169. The summed E-state index contributed by atoms with van der Waals surface area (Å²) in [7, 11) is 0. The predicted octanol–water partition coefficient (Wildman–Crippen LogP) is 9.66. The molecule has 5 rings (SSSR count). The minimum Gasteiger partial charge on any atom is -0.508 e. The molecule has 4 N–H and O–H groups in total. The Hall–Kier alpha value is -3.92. The highest BCUT2D eigenvalue weighted by Gasteiger charge is 2.40. The molecule has 238 valence electrons. The van der Waals surface area contributed by atoms with E-state index in [9.17, 15) is 20.4 Å². The Labute approximate surface area is 269 Å². The molecule has 4 heteroatoms. The third-order valence-corrected chi connectivity index (χ3v) is 10.9. The van der Waals surface area contributed by atoms with Gasteiger partial charge in [0.2, 0.25) is 0 Å². The first kappa shape index (κ1) is 32.5. The molecule has 0 radical (unpaired) electrons. The van der Waals surface area contributed by atoms with E-state index < -0.39 is 0 Å². The Morgan fingerprint density at radius 1 is 0.622 bits per heavy atom. The van der Waals surface area contributed by atoms with Crippen molar-refractivity contribution in [2.75, 3.05) is 0 Å². The first-order valence-electron chi connectivity index (χ1n) is 16.3. The van der Waals surface area contributed by atoms with Gasteiger partial charge in [0.25, 0.3) is 0 Å². The van der Waals surface area contributed by atoms with Crippen LogP contribution in [0.5, 0.6) is 23.0 Å². The molecule has 4 aromatic carbocycles. The van der Waals surface area contributed by atoms with Crippen LogP contribution in [0.2, 0.25) is 0 Å². The lowest BCUT2D eigenvalue weighted by atomic mass is 9.60. The Balaban J connectivity index is 1.36. The number of aromatic hydroxyl groups is 4. The molecule has 0 aliphatic heterocycles. The first-order chi connectivity index (χ1) is 21.1. The minimum atomic E-state index is -0.0654. The largest absolute Gasteiger partial charge is 0.508 e. The molecule has 0 saturated heterocycles. The van der Waals surface area contributed by atoms with Gasteiger partial charge in [-0.05, 0) is 144 Å². The minimum absolute atomic E-state index is 0.0212. The summed E-state index contributed by atoms with van der Waals surface area (Å²) in [5.41, 5.74) is 10.9. The van der Waals surface area contributed by atoms with Crippen LogP contribution in [0.25, 0.3) is 0 Å². The zero-order valence-corrected chi connectivity index (χ0v) is 28.3. The van der Waals surface area contributed by atoms with Crippen molar-refractivity contribution in [1.29, 1.82) is 0 Å². The van der Waals surface area contributed by atoms with Crippen LogP contribution in [0.1, 0.15) is 108 Å². The van der Waals surface area contributed by atoms with Gasteiger partial charge in [-0.2, -0.15) is 0 Å². The summed E-state index contributed by atoms with van der Waals surface area (Å²) in [5.74, 6) is 1.85. The van der Waals surface area contributed by atoms with Gasteiger partial charge in [0.05, 0.1) is 0 Å². The van der Waals surface area contributed by atoms with Gasteiger partial charge in [-0.25, -0.2) is 0 Å². The topological polar surface area (TPSA) is 80.9 Å². The van der Waals surface area contributed by atoms with Crippen LogP contribution < -0.4 is 0 Å². The second kappa shape index (κ2) is 12.1. The average molecular weight is 607 g/mol. The van der Waals surface area contributed by atoms with E-state index in [0.29, 0.717) is 41.8 Å². The van der Waals surface area contributed by atoms with E-state index in [-0.39, 0.29) is 10.8 Å². The molecular formula is C41H50O4. The monoisotopic (exact) mass is 606 g/mol. The number of hydrogen-bond donors (Lipinski definition) is 4. The summed E-state index contributed by atoms with van der Waals surface area (Å²) in [4.78, 5) is 0. The Morgan fingerprint density at radius 2 is 1.13 bits per heavy atom. The van der Waals surface area contributed by atoms with Crippen molar-refractivity contribution >= 4 is 0 Å². The Kier molecular flexibility index (Phi) is 8.74. The summed E-state index contributed by atoms with van der Waals surface area (Å²) in [6.45, 7) is 16.8. The molecule has 0 spiro atoms. The SMILES string of the molecule is Cc1cc(Cc2cc(C(C)(C)C3CCC(C)(c4cc(C)c(O)c(Cc5cc(C)c(O)c(C)c5)c4)CC3)cc(C)c2O)ccc1O. The molecule has 1 fully saturated rings. The first-order valence-corrected chi connectivity index (χ1v) is 16.3. The molecule has 0 bridgehead atoms. The van der Waals surface area contributed by atoms with Crippen molar-refractivity contribution in [3.63, 3.8) is 0 Å². The van der Waals surface area contributed by atoms with Crippen molar-refractivity contribution in [3.8, 4) is 23.0 Å². The number of hydrogen-bond acceptors (Lipinski definition) is 4. The molecule has 1 aliphatic carbocycles. The zero-order valence-electron chi connectivity index (χ0n) is 28.3. The molecule has 4 aromatic rings. The fraction of sp³-hybridized carbons (Fsp3) is 0.415. The number of rotatable bonds is 7. The molecule has 0 atom stereocenters. The molecule has 45 heavy (non-hydrogen) atoms. The van der Waals surface area contributed by atoms with Gasteiger partial charge < -0.3 is 20.4 Å². The number of phenols is 4. The van der Waals surface area contributed by atoms with Crippen molar-refractivity contribution < 1.29 is 20.4 Å². The summed E-state index contributed by atoms with van der Waals surface area (Å²) < 4.78 is 0. The van der Waals surface area contributed by atoms with Crippen LogP contribution in [0.3, 0.4) is 0 Å². The lowest BCUT2D eigenvalue weighted by Crippen LogP contribution is -2.37. The maximum absolute atomic E-state index is 11.0. The van der Waals surface area contributed by atoms with Gasteiger partial charge in [0.1, 0.15) is 23.0 Å². The molecular weight excluding hydrogens is 556 g/mol. The lowest BCUT2D eigenvalue weighted by molar-refractivity contribution is 0.178. The molecule has 4 nitrogen and oxygen atoms in total. The third kappa shape index (κ3) is 6.43. The molecule has 0 amide bonds. The summed E-state index contributed by atoms with van der Waals surface area (Å²) in [5, 5.41) is 42.2. The zero-order chi connectivity index (χ0) is 32.8. The second-order valence-electron chi connectivity index (χ2n) is 14.7. The highest BCUT2D eigenvalue weighted by molar-refractivity contribution is 5.51. The van der Waals surface area contributed by atoms with Gasteiger partial charge in [0.15, 0.2) is 0 Å². The van der Waals surface area contributed by atoms with E-state index >= 15 is 0 Å². The van der Waals surface area contributed by atoms with Crippen LogP contribution in [0.15, 0.2) is 54.6 Å².